The maximum Gasteiger partial charge on any atom is 0.387 e. The highest BCUT2D eigenvalue weighted by atomic mass is 32.2. The summed E-state index contributed by atoms with van der Waals surface area (Å²) < 4.78 is 59.8. The number of amides is 1. The first-order chi connectivity index (χ1) is 19.7. The van der Waals surface area contributed by atoms with Gasteiger partial charge in [0.15, 0.2) is 9.84 Å². The van der Waals surface area contributed by atoms with E-state index in [1.54, 1.807) is 54.7 Å². The van der Waals surface area contributed by atoms with Gasteiger partial charge in [0.25, 0.3) is 0 Å². The van der Waals surface area contributed by atoms with E-state index in [1.165, 1.54) is 28.9 Å². The van der Waals surface area contributed by atoms with Crippen molar-refractivity contribution in [3.05, 3.63) is 109 Å². The van der Waals surface area contributed by atoms with E-state index in [9.17, 15) is 22.0 Å². The van der Waals surface area contributed by atoms with E-state index in [0.29, 0.717) is 34.0 Å². The van der Waals surface area contributed by atoms with Crippen molar-refractivity contribution >= 4 is 21.6 Å². The van der Waals surface area contributed by atoms with E-state index in [2.05, 4.69) is 15.2 Å². The van der Waals surface area contributed by atoms with Crippen LogP contribution in [0.4, 0.5) is 19.3 Å². The molecule has 41 heavy (non-hydrogen) atoms. The Morgan fingerprint density at radius 1 is 0.805 bits per heavy atom. The SMILES string of the molecule is CS(=O)(=O)c1ccc(Oc2ccc(NC(=O)n3cc(-c4ccccc4)c(-c4ccc(OC(F)F)cc4)n3)cc2)cc1. The molecule has 5 aromatic rings. The quantitative estimate of drug-likeness (QED) is 0.212. The number of sulfone groups is 1. The van der Waals surface area contributed by atoms with Crippen molar-refractivity contribution in [3.63, 3.8) is 0 Å². The second kappa shape index (κ2) is 11.6. The van der Waals surface area contributed by atoms with Crippen molar-refractivity contribution in [2.24, 2.45) is 0 Å². The fourth-order valence-corrected chi connectivity index (χ4v) is 4.62. The number of hydrogen-bond donors (Lipinski definition) is 1. The Morgan fingerprint density at radius 3 is 1.98 bits per heavy atom. The number of alkyl halides is 2. The lowest BCUT2D eigenvalue weighted by Gasteiger charge is -2.08. The first-order valence-corrected chi connectivity index (χ1v) is 14.1. The Hall–Kier alpha value is -5.03. The van der Waals surface area contributed by atoms with E-state index >= 15 is 0 Å². The van der Waals surface area contributed by atoms with Crippen molar-refractivity contribution in [1.29, 1.82) is 0 Å². The molecule has 0 unspecified atom stereocenters. The van der Waals surface area contributed by atoms with Gasteiger partial charge in [0.2, 0.25) is 0 Å². The van der Waals surface area contributed by atoms with Gasteiger partial charge >= 0.3 is 12.6 Å². The molecule has 5 rings (SSSR count). The summed E-state index contributed by atoms with van der Waals surface area (Å²) in [7, 11) is -3.30. The zero-order valence-electron chi connectivity index (χ0n) is 21.6. The molecule has 0 spiro atoms. The number of hydrogen-bond acceptors (Lipinski definition) is 6. The number of nitrogens with one attached hydrogen (secondary N) is 1. The zero-order valence-corrected chi connectivity index (χ0v) is 22.4. The predicted octanol–water partition coefficient (Wildman–Crippen LogP) is 7.09. The Labute approximate surface area is 234 Å². The van der Waals surface area contributed by atoms with Crippen LogP contribution in [-0.2, 0) is 9.84 Å². The molecule has 11 heteroatoms. The van der Waals surface area contributed by atoms with Gasteiger partial charge in [-0.25, -0.2) is 13.2 Å². The normalized spacial score (nSPS) is 11.3. The predicted molar refractivity (Wildman–Crippen MR) is 150 cm³/mol. The topological polar surface area (TPSA) is 99.5 Å². The molecule has 0 atom stereocenters. The molecule has 0 aliphatic rings. The molecular weight excluding hydrogens is 552 g/mol. The molecule has 1 N–H and O–H groups in total. The molecule has 8 nitrogen and oxygen atoms in total. The van der Waals surface area contributed by atoms with Gasteiger partial charge in [0.05, 0.1) is 4.90 Å². The van der Waals surface area contributed by atoms with E-state index < -0.39 is 22.5 Å². The summed E-state index contributed by atoms with van der Waals surface area (Å²) in [6, 6.07) is 27.5. The molecule has 208 valence electrons. The Bertz CT molecular complexity index is 1760. The summed E-state index contributed by atoms with van der Waals surface area (Å²) in [5.74, 6) is 0.961. The summed E-state index contributed by atoms with van der Waals surface area (Å²) in [6.07, 6.45) is 2.73. The summed E-state index contributed by atoms with van der Waals surface area (Å²) >= 11 is 0. The molecule has 1 aromatic heterocycles. The van der Waals surface area contributed by atoms with Gasteiger partial charge in [-0.05, 0) is 78.4 Å². The van der Waals surface area contributed by atoms with Gasteiger partial charge in [0, 0.05) is 29.3 Å². The van der Waals surface area contributed by atoms with Crippen LogP contribution in [0.1, 0.15) is 0 Å². The second-order valence-electron chi connectivity index (χ2n) is 8.91. The Morgan fingerprint density at radius 2 is 1.39 bits per heavy atom. The molecule has 0 fully saturated rings. The molecule has 0 aliphatic carbocycles. The van der Waals surface area contributed by atoms with E-state index in [1.807, 2.05) is 30.3 Å². The average Bonchev–Trinajstić information content (AvgIpc) is 3.40. The Balaban J connectivity index is 1.33. The third-order valence-electron chi connectivity index (χ3n) is 5.95. The monoisotopic (exact) mass is 575 g/mol. The van der Waals surface area contributed by atoms with Gasteiger partial charge in [-0.1, -0.05) is 30.3 Å². The first kappa shape index (κ1) is 27.5. The number of benzene rings is 4. The highest BCUT2D eigenvalue weighted by Gasteiger charge is 2.17. The van der Waals surface area contributed by atoms with Gasteiger partial charge in [0.1, 0.15) is 22.9 Å². The summed E-state index contributed by atoms with van der Waals surface area (Å²) in [6.45, 7) is -2.93. The van der Waals surface area contributed by atoms with Crippen molar-refractivity contribution in [3.8, 4) is 39.6 Å². The molecule has 0 radical (unpaired) electrons. The van der Waals surface area contributed by atoms with Crippen LogP contribution in [0.5, 0.6) is 17.2 Å². The fourth-order valence-electron chi connectivity index (χ4n) is 3.99. The number of carbonyl (C=O) groups excluding carboxylic acids is 1. The highest BCUT2D eigenvalue weighted by molar-refractivity contribution is 7.90. The van der Waals surface area contributed by atoms with Gasteiger partial charge in [-0.3, -0.25) is 0 Å². The minimum Gasteiger partial charge on any atom is -0.457 e. The molecule has 0 saturated carbocycles. The van der Waals surface area contributed by atoms with Gasteiger partial charge in [-0.2, -0.15) is 18.6 Å². The summed E-state index contributed by atoms with van der Waals surface area (Å²) in [4.78, 5) is 13.3. The van der Waals surface area contributed by atoms with Crippen molar-refractivity contribution < 1.29 is 31.5 Å². The van der Waals surface area contributed by atoms with Crippen LogP contribution in [0.3, 0.4) is 0 Å². The third kappa shape index (κ3) is 6.76. The van der Waals surface area contributed by atoms with Crippen LogP contribution in [0.2, 0.25) is 0 Å². The number of anilines is 1. The number of ether oxygens (including phenoxy) is 2. The number of halogens is 2. The van der Waals surface area contributed by atoms with E-state index in [4.69, 9.17) is 4.74 Å². The molecule has 1 heterocycles. The standard InChI is InChI=1S/C30H23F2N3O5S/c1-41(37,38)26-17-15-24(16-18-26)39-23-13-9-22(10-14-23)33-30(36)35-19-27(20-5-3-2-4-6-20)28(34-35)21-7-11-25(12-8-21)40-29(31)32/h2-19,29H,1H3,(H,33,36). The zero-order chi connectivity index (χ0) is 29.0. The summed E-state index contributed by atoms with van der Waals surface area (Å²) in [5, 5.41) is 7.27. The van der Waals surface area contributed by atoms with Crippen LogP contribution >= 0.6 is 0 Å². The third-order valence-corrected chi connectivity index (χ3v) is 7.08. The lowest BCUT2D eigenvalue weighted by Crippen LogP contribution is -2.19. The fraction of sp³-hybridized carbons (Fsp3) is 0.0667. The van der Waals surface area contributed by atoms with Crippen LogP contribution in [-0.4, -0.2) is 37.1 Å². The first-order valence-electron chi connectivity index (χ1n) is 12.3. The average molecular weight is 576 g/mol. The molecule has 0 bridgehead atoms. The molecule has 1 amide bonds. The maximum absolute atomic E-state index is 13.1. The van der Waals surface area contributed by atoms with Crippen LogP contribution in [0.15, 0.2) is 114 Å². The highest BCUT2D eigenvalue weighted by Crippen LogP contribution is 2.32. The maximum atomic E-state index is 13.1. The lowest BCUT2D eigenvalue weighted by molar-refractivity contribution is -0.0498. The van der Waals surface area contributed by atoms with Gasteiger partial charge < -0.3 is 14.8 Å². The van der Waals surface area contributed by atoms with E-state index in [0.717, 1.165) is 11.8 Å². The van der Waals surface area contributed by atoms with Gasteiger partial charge in [-0.15, -0.1) is 0 Å². The van der Waals surface area contributed by atoms with E-state index in [-0.39, 0.29) is 10.6 Å². The molecular formula is C30H23F2N3O5S. The number of carbonyl (C=O) groups is 1. The second-order valence-corrected chi connectivity index (χ2v) is 10.9. The van der Waals surface area contributed by atoms with Crippen LogP contribution in [0.25, 0.3) is 22.4 Å². The van der Waals surface area contributed by atoms with Crippen LogP contribution < -0.4 is 14.8 Å². The number of rotatable bonds is 8. The molecule has 0 saturated heterocycles. The van der Waals surface area contributed by atoms with Crippen molar-refractivity contribution in [2.45, 2.75) is 11.5 Å². The van der Waals surface area contributed by atoms with Crippen molar-refractivity contribution in [2.75, 3.05) is 11.6 Å². The minimum atomic E-state index is -3.30. The molecule has 4 aromatic carbocycles. The molecule has 0 aliphatic heterocycles. The minimum absolute atomic E-state index is 0.0144. The number of aromatic nitrogens is 2. The summed E-state index contributed by atoms with van der Waals surface area (Å²) in [5.41, 5.74) is 3.08. The van der Waals surface area contributed by atoms with Crippen LogP contribution in [0, 0.1) is 0 Å². The Kier molecular flexibility index (Phi) is 7.79. The smallest absolute Gasteiger partial charge is 0.387 e. The largest absolute Gasteiger partial charge is 0.457 e. The number of nitrogens with zero attached hydrogens (tertiary/aromatic N) is 2. The lowest BCUT2D eigenvalue weighted by atomic mass is 10.0. The van der Waals surface area contributed by atoms with Crippen molar-refractivity contribution in [1.82, 2.24) is 9.78 Å².